The molecule has 0 aliphatic heterocycles. The lowest BCUT2D eigenvalue weighted by Gasteiger charge is -2.08. The molecule has 3 heteroatoms. The first kappa shape index (κ1) is 12.3. The van der Waals surface area contributed by atoms with Crippen molar-refractivity contribution >= 4 is 18.1 Å². The van der Waals surface area contributed by atoms with Crippen LogP contribution >= 0.6 is 12.4 Å². The Morgan fingerprint density at radius 3 is 2.23 bits per heavy atom. The Morgan fingerprint density at radius 1 is 1.23 bits per heavy atom. The number of hydrogen-bond donors (Lipinski definition) is 2. The molecule has 0 fully saturated rings. The Bertz CT molecular complexity index is 233. The molecule has 1 unspecified atom stereocenters. The second-order valence-electron chi connectivity index (χ2n) is 3.11. The molecule has 0 aromatic heterocycles. The van der Waals surface area contributed by atoms with Gasteiger partial charge in [-0.05, 0) is 30.5 Å². The van der Waals surface area contributed by atoms with Gasteiger partial charge in [-0.25, -0.2) is 0 Å². The predicted octanol–water partition coefficient (Wildman–Crippen LogP) is 1.97. The summed E-state index contributed by atoms with van der Waals surface area (Å²) >= 11 is 0. The van der Waals surface area contributed by atoms with Gasteiger partial charge in [0.25, 0.3) is 0 Å². The van der Waals surface area contributed by atoms with E-state index >= 15 is 0 Å². The summed E-state index contributed by atoms with van der Waals surface area (Å²) in [5.74, 6) is 0. The summed E-state index contributed by atoms with van der Waals surface area (Å²) in [7, 11) is 0. The van der Waals surface area contributed by atoms with Gasteiger partial charge in [-0.3, -0.25) is 0 Å². The highest BCUT2D eigenvalue weighted by atomic mass is 35.5. The molecule has 4 N–H and O–H groups in total. The number of nitrogens with two attached hydrogens (primary N) is 2. The third-order valence-electron chi connectivity index (χ3n) is 2.00. The second-order valence-corrected chi connectivity index (χ2v) is 3.11. The monoisotopic (exact) mass is 200 g/mol. The quantitative estimate of drug-likeness (QED) is 0.734. The van der Waals surface area contributed by atoms with E-state index < -0.39 is 0 Å². The summed E-state index contributed by atoms with van der Waals surface area (Å²) in [6.07, 6.45) is 1.96. The topological polar surface area (TPSA) is 52.0 Å². The molecule has 13 heavy (non-hydrogen) atoms. The van der Waals surface area contributed by atoms with E-state index in [4.69, 9.17) is 11.5 Å². The minimum absolute atomic E-state index is 0. The van der Waals surface area contributed by atoms with Crippen molar-refractivity contribution in [1.29, 1.82) is 0 Å². The van der Waals surface area contributed by atoms with Gasteiger partial charge in [-0.1, -0.05) is 19.1 Å². The van der Waals surface area contributed by atoms with Gasteiger partial charge in [0.15, 0.2) is 0 Å². The minimum Gasteiger partial charge on any atom is -0.399 e. The van der Waals surface area contributed by atoms with Crippen LogP contribution in [0, 0.1) is 0 Å². The Balaban J connectivity index is 0.00000144. The minimum atomic E-state index is 0. The molecule has 1 atom stereocenters. The van der Waals surface area contributed by atoms with E-state index in [1.807, 2.05) is 24.3 Å². The van der Waals surface area contributed by atoms with Gasteiger partial charge >= 0.3 is 0 Å². The van der Waals surface area contributed by atoms with Crippen molar-refractivity contribution in [1.82, 2.24) is 0 Å². The standard InChI is InChI=1S/C10H16N2.ClH/c1-2-9(11)7-8-3-5-10(12)6-4-8;/h3-6,9H,2,7,11-12H2,1H3;1H. The summed E-state index contributed by atoms with van der Waals surface area (Å²) in [4.78, 5) is 0. The van der Waals surface area contributed by atoms with E-state index in [1.165, 1.54) is 5.56 Å². The maximum Gasteiger partial charge on any atom is 0.0314 e. The molecule has 0 aliphatic rings. The highest BCUT2D eigenvalue weighted by Crippen LogP contribution is 2.07. The molecule has 74 valence electrons. The zero-order valence-electron chi connectivity index (χ0n) is 7.86. The van der Waals surface area contributed by atoms with Gasteiger partial charge < -0.3 is 11.5 Å². The molecular formula is C10H17ClN2. The first-order valence-corrected chi connectivity index (χ1v) is 4.32. The van der Waals surface area contributed by atoms with Crippen LogP contribution < -0.4 is 11.5 Å². The van der Waals surface area contributed by atoms with Gasteiger partial charge in [-0.2, -0.15) is 0 Å². The van der Waals surface area contributed by atoms with E-state index in [1.54, 1.807) is 0 Å². The van der Waals surface area contributed by atoms with Crippen LogP contribution in [0.5, 0.6) is 0 Å². The highest BCUT2D eigenvalue weighted by molar-refractivity contribution is 5.85. The third kappa shape index (κ3) is 4.15. The molecule has 0 aliphatic carbocycles. The zero-order chi connectivity index (χ0) is 8.97. The molecule has 0 radical (unpaired) electrons. The Hall–Kier alpha value is -0.730. The van der Waals surface area contributed by atoms with E-state index in [9.17, 15) is 0 Å². The van der Waals surface area contributed by atoms with Crippen LogP contribution in [0.1, 0.15) is 18.9 Å². The van der Waals surface area contributed by atoms with Crippen LogP contribution in [0.3, 0.4) is 0 Å². The lowest BCUT2D eigenvalue weighted by Crippen LogP contribution is -2.21. The van der Waals surface area contributed by atoms with Gasteiger partial charge in [0, 0.05) is 11.7 Å². The molecule has 1 rings (SSSR count). The van der Waals surface area contributed by atoms with Crippen molar-refractivity contribution in [2.75, 3.05) is 5.73 Å². The summed E-state index contributed by atoms with van der Waals surface area (Å²) in [6, 6.07) is 8.17. The van der Waals surface area contributed by atoms with Gasteiger partial charge in [-0.15, -0.1) is 12.4 Å². The highest BCUT2D eigenvalue weighted by Gasteiger charge is 1.99. The molecule has 0 saturated heterocycles. The molecule has 2 nitrogen and oxygen atoms in total. The van der Waals surface area contributed by atoms with Crippen molar-refractivity contribution < 1.29 is 0 Å². The number of nitrogen functional groups attached to an aromatic ring is 1. The molecule has 0 bridgehead atoms. The number of rotatable bonds is 3. The third-order valence-corrected chi connectivity index (χ3v) is 2.00. The number of benzene rings is 1. The lowest BCUT2D eigenvalue weighted by molar-refractivity contribution is 0.646. The normalized spacial score (nSPS) is 11.8. The smallest absolute Gasteiger partial charge is 0.0314 e. The number of halogens is 1. The fourth-order valence-electron chi connectivity index (χ4n) is 1.10. The van der Waals surface area contributed by atoms with Gasteiger partial charge in [0.2, 0.25) is 0 Å². The fraction of sp³-hybridized carbons (Fsp3) is 0.400. The zero-order valence-corrected chi connectivity index (χ0v) is 8.68. The average molecular weight is 201 g/mol. The van der Waals surface area contributed by atoms with Crippen LogP contribution in [-0.4, -0.2) is 6.04 Å². The molecule has 0 amide bonds. The van der Waals surface area contributed by atoms with Crippen LogP contribution in [0.15, 0.2) is 24.3 Å². The van der Waals surface area contributed by atoms with Crippen LogP contribution in [0.2, 0.25) is 0 Å². The number of hydrogen-bond acceptors (Lipinski definition) is 2. The molecule has 0 heterocycles. The van der Waals surface area contributed by atoms with E-state index in [-0.39, 0.29) is 18.4 Å². The first-order chi connectivity index (χ1) is 5.72. The molecule has 1 aromatic rings. The number of anilines is 1. The van der Waals surface area contributed by atoms with Gasteiger partial charge in [0.05, 0.1) is 0 Å². The predicted molar refractivity (Wildman–Crippen MR) is 60.1 cm³/mol. The SMILES string of the molecule is CCC(N)Cc1ccc(N)cc1.Cl. The maximum atomic E-state index is 5.81. The molecular weight excluding hydrogens is 184 g/mol. The largest absolute Gasteiger partial charge is 0.399 e. The fourth-order valence-corrected chi connectivity index (χ4v) is 1.10. The maximum absolute atomic E-state index is 5.81. The summed E-state index contributed by atoms with van der Waals surface area (Å²) in [5.41, 5.74) is 13.4. The van der Waals surface area contributed by atoms with Gasteiger partial charge in [0.1, 0.15) is 0 Å². The second kappa shape index (κ2) is 5.84. The van der Waals surface area contributed by atoms with E-state index in [2.05, 4.69) is 6.92 Å². The summed E-state index contributed by atoms with van der Waals surface area (Å²) in [5, 5.41) is 0. The summed E-state index contributed by atoms with van der Waals surface area (Å²) in [6.45, 7) is 2.10. The summed E-state index contributed by atoms with van der Waals surface area (Å²) < 4.78 is 0. The molecule has 0 saturated carbocycles. The molecule has 0 spiro atoms. The van der Waals surface area contributed by atoms with Crippen LogP contribution in [0.4, 0.5) is 5.69 Å². The molecule has 1 aromatic carbocycles. The van der Waals surface area contributed by atoms with Crippen LogP contribution in [0.25, 0.3) is 0 Å². The average Bonchev–Trinajstić information content (AvgIpc) is 2.09. The van der Waals surface area contributed by atoms with Crippen molar-refractivity contribution in [3.63, 3.8) is 0 Å². The van der Waals surface area contributed by atoms with E-state index in [0.29, 0.717) is 0 Å². The first-order valence-electron chi connectivity index (χ1n) is 4.32. The lowest BCUT2D eigenvalue weighted by atomic mass is 10.0. The van der Waals surface area contributed by atoms with E-state index in [0.717, 1.165) is 18.5 Å². The Kier molecular flexibility index (Phi) is 5.51. The van der Waals surface area contributed by atoms with Crippen molar-refractivity contribution in [3.05, 3.63) is 29.8 Å². The Labute approximate surface area is 85.7 Å². The van der Waals surface area contributed by atoms with Crippen LogP contribution in [-0.2, 0) is 6.42 Å². The van der Waals surface area contributed by atoms with Crippen molar-refractivity contribution in [2.45, 2.75) is 25.8 Å². The van der Waals surface area contributed by atoms with Crippen molar-refractivity contribution in [3.8, 4) is 0 Å². The van der Waals surface area contributed by atoms with Crippen molar-refractivity contribution in [2.24, 2.45) is 5.73 Å². The Morgan fingerprint density at radius 2 is 1.77 bits per heavy atom.